The Morgan fingerprint density at radius 1 is 1.02 bits per heavy atom. The Bertz CT molecular complexity index is 1500. The number of benzene rings is 3. The van der Waals surface area contributed by atoms with E-state index in [-0.39, 0.29) is 22.8 Å². The van der Waals surface area contributed by atoms with Gasteiger partial charge in [0, 0.05) is 15.7 Å². The Hall–Kier alpha value is -3.44. The molecule has 2 heterocycles. The number of rotatable bonds is 9. The fraction of sp³-hybridized carbons (Fsp3) is 0.172. The Kier molecular flexibility index (Phi) is 8.94. The van der Waals surface area contributed by atoms with Crippen molar-refractivity contribution in [2.24, 2.45) is 5.73 Å². The van der Waals surface area contributed by atoms with E-state index in [0.717, 1.165) is 0 Å². The van der Waals surface area contributed by atoms with Gasteiger partial charge < -0.3 is 15.8 Å². The van der Waals surface area contributed by atoms with Gasteiger partial charge in [0.25, 0.3) is 5.91 Å². The van der Waals surface area contributed by atoms with Gasteiger partial charge in [0.1, 0.15) is 17.1 Å². The minimum atomic E-state index is -0.890. The van der Waals surface area contributed by atoms with Crippen molar-refractivity contribution in [1.82, 2.24) is 10.2 Å². The zero-order chi connectivity index (χ0) is 29.1. The molecule has 2 atom stereocenters. The lowest BCUT2D eigenvalue weighted by Crippen LogP contribution is -2.71. The number of primary amides is 1. The summed E-state index contributed by atoms with van der Waals surface area (Å²) >= 11 is 14.6. The number of nitrogens with zero attached hydrogens (tertiary/aromatic N) is 1. The number of thioether (sulfide) groups is 2. The van der Waals surface area contributed by atoms with Crippen LogP contribution in [0.15, 0.2) is 95.0 Å². The number of hydrogen-bond donors (Lipinski definition) is 2. The number of amides is 3. The quantitative estimate of drug-likeness (QED) is 0.203. The van der Waals surface area contributed by atoms with Gasteiger partial charge in [-0.1, -0.05) is 83.9 Å². The Balaban J connectivity index is 1.33. The fourth-order valence-corrected chi connectivity index (χ4v) is 7.15. The van der Waals surface area contributed by atoms with Gasteiger partial charge in [-0.15, -0.1) is 23.5 Å². The summed E-state index contributed by atoms with van der Waals surface area (Å²) in [4.78, 5) is 53.8. The van der Waals surface area contributed by atoms with Crippen LogP contribution in [0.2, 0.25) is 10.0 Å². The first-order valence-corrected chi connectivity index (χ1v) is 15.2. The lowest BCUT2D eigenvalue weighted by atomic mass is 10.0. The standard InChI is InChI=1S/C29H23Cl2N3O5S2/c30-18-11-12-20(31)21(13-18)40-15-22(35)33-23-27(37)34-24(19(26(32)36)14-41-28(23)34)29(38)39-25(16-7-3-1-4-8-16)17-9-5-2-6-10-17/h1-13,23,25,28H,14-15H2,(H2,32,36)(H,33,35)/t23?,28-/m1/s1. The lowest BCUT2D eigenvalue weighted by molar-refractivity contribution is -0.154. The molecule has 2 aliphatic heterocycles. The number of carbonyl (C=O) groups is 4. The molecule has 2 aliphatic rings. The van der Waals surface area contributed by atoms with Gasteiger partial charge in [0.05, 0.1) is 16.3 Å². The summed E-state index contributed by atoms with van der Waals surface area (Å²) in [5, 5.41) is 3.06. The smallest absolute Gasteiger partial charge is 0.356 e. The van der Waals surface area contributed by atoms with Gasteiger partial charge in [0.15, 0.2) is 6.10 Å². The van der Waals surface area contributed by atoms with Crippen LogP contribution in [-0.4, -0.2) is 51.5 Å². The summed E-state index contributed by atoms with van der Waals surface area (Å²) in [5.41, 5.74) is 6.83. The Morgan fingerprint density at radius 3 is 2.27 bits per heavy atom. The predicted molar refractivity (Wildman–Crippen MR) is 159 cm³/mol. The molecule has 210 valence electrons. The first-order chi connectivity index (χ1) is 19.7. The normalized spacial score (nSPS) is 18.0. The molecule has 0 bridgehead atoms. The van der Waals surface area contributed by atoms with Crippen LogP contribution in [0.25, 0.3) is 0 Å². The van der Waals surface area contributed by atoms with Crippen molar-refractivity contribution in [2.45, 2.75) is 22.4 Å². The molecule has 41 heavy (non-hydrogen) atoms. The number of hydrogen-bond acceptors (Lipinski definition) is 7. The maximum atomic E-state index is 13.6. The molecule has 0 aromatic heterocycles. The van der Waals surface area contributed by atoms with E-state index in [1.807, 2.05) is 60.7 Å². The molecule has 0 radical (unpaired) electrons. The minimum absolute atomic E-state index is 0.00562. The maximum Gasteiger partial charge on any atom is 0.356 e. The van der Waals surface area contributed by atoms with Crippen molar-refractivity contribution in [3.8, 4) is 0 Å². The third kappa shape index (κ3) is 6.25. The number of β-lactam (4-membered cyclic amide) rings is 1. The van der Waals surface area contributed by atoms with Crippen LogP contribution in [0.5, 0.6) is 0 Å². The van der Waals surface area contributed by atoms with Gasteiger partial charge in [-0.05, 0) is 29.3 Å². The average molecular weight is 629 g/mol. The molecule has 3 aromatic rings. The lowest BCUT2D eigenvalue weighted by Gasteiger charge is -2.49. The maximum absolute atomic E-state index is 13.6. The van der Waals surface area contributed by atoms with Crippen molar-refractivity contribution in [3.05, 3.63) is 111 Å². The monoisotopic (exact) mass is 627 g/mol. The number of carbonyl (C=O) groups excluding carboxylic acids is 4. The SMILES string of the molecule is NC(=O)C1=C(C(=O)OC(c2ccccc2)c2ccccc2)N2C(=O)C(NC(=O)CSc3cc(Cl)ccc3Cl)[C@H]2SC1. The van der Waals surface area contributed by atoms with Gasteiger partial charge >= 0.3 is 5.97 Å². The van der Waals surface area contributed by atoms with Crippen LogP contribution in [-0.2, 0) is 23.9 Å². The van der Waals surface area contributed by atoms with E-state index in [4.69, 9.17) is 33.7 Å². The molecule has 3 aromatic carbocycles. The summed E-state index contributed by atoms with van der Waals surface area (Å²) in [6, 6.07) is 22.3. The Labute approximate surface area is 254 Å². The third-order valence-corrected chi connectivity index (χ3v) is 9.47. The van der Waals surface area contributed by atoms with Crippen LogP contribution in [0, 0.1) is 0 Å². The van der Waals surface area contributed by atoms with Crippen LogP contribution in [0.3, 0.4) is 0 Å². The second kappa shape index (κ2) is 12.6. The summed E-state index contributed by atoms with van der Waals surface area (Å²) < 4.78 is 5.95. The van der Waals surface area contributed by atoms with E-state index in [0.29, 0.717) is 26.1 Å². The van der Waals surface area contributed by atoms with Gasteiger partial charge in [-0.25, -0.2) is 4.79 Å². The van der Waals surface area contributed by atoms with E-state index in [1.165, 1.54) is 28.4 Å². The average Bonchev–Trinajstić information content (AvgIpc) is 2.98. The second-order valence-electron chi connectivity index (χ2n) is 9.12. The number of ether oxygens (including phenoxy) is 1. The van der Waals surface area contributed by atoms with E-state index >= 15 is 0 Å². The molecular weight excluding hydrogens is 605 g/mol. The second-order valence-corrected chi connectivity index (χ2v) is 12.1. The number of nitrogens with one attached hydrogen (secondary N) is 1. The number of nitrogens with two attached hydrogens (primary N) is 1. The topological polar surface area (TPSA) is 119 Å². The number of esters is 1. The van der Waals surface area contributed by atoms with Crippen molar-refractivity contribution in [2.75, 3.05) is 11.5 Å². The van der Waals surface area contributed by atoms with Gasteiger partial charge in [-0.3, -0.25) is 19.3 Å². The fourth-order valence-electron chi connectivity index (χ4n) is 4.49. The molecule has 0 saturated carbocycles. The summed E-state index contributed by atoms with van der Waals surface area (Å²) in [7, 11) is 0. The van der Waals surface area contributed by atoms with E-state index in [9.17, 15) is 19.2 Å². The molecule has 1 fully saturated rings. The zero-order valence-electron chi connectivity index (χ0n) is 21.3. The van der Waals surface area contributed by atoms with Gasteiger partial charge in [-0.2, -0.15) is 0 Å². The first kappa shape index (κ1) is 29.1. The number of fused-ring (bicyclic) bond motifs is 1. The molecule has 3 N–H and O–H groups in total. The largest absolute Gasteiger partial charge is 0.448 e. The van der Waals surface area contributed by atoms with Crippen LogP contribution in [0.4, 0.5) is 0 Å². The molecule has 12 heteroatoms. The molecule has 3 amide bonds. The third-order valence-electron chi connectivity index (χ3n) is 6.46. The molecule has 5 rings (SSSR count). The van der Waals surface area contributed by atoms with E-state index in [2.05, 4.69) is 5.32 Å². The summed E-state index contributed by atoms with van der Waals surface area (Å²) in [6.07, 6.45) is -0.790. The van der Waals surface area contributed by atoms with Gasteiger partial charge in [0.2, 0.25) is 11.8 Å². The van der Waals surface area contributed by atoms with Crippen molar-refractivity contribution >= 4 is 70.4 Å². The highest BCUT2D eigenvalue weighted by atomic mass is 35.5. The number of halogens is 2. The predicted octanol–water partition coefficient (Wildman–Crippen LogP) is 4.56. The summed E-state index contributed by atoms with van der Waals surface area (Å²) in [5.74, 6) is -2.54. The molecule has 8 nitrogen and oxygen atoms in total. The van der Waals surface area contributed by atoms with E-state index < -0.39 is 41.2 Å². The molecule has 1 unspecified atom stereocenters. The highest BCUT2D eigenvalue weighted by Crippen LogP contribution is 2.41. The van der Waals surface area contributed by atoms with Crippen molar-refractivity contribution in [1.29, 1.82) is 0 Å². The molecular formula is C29H23Cl2N3O5S2. The highest BCUT2D eigenvalue weighted by Gasteiger charge is 2.55. The van der Waals surface area contributed by atoms with Crippen LogP contribution >= 0.6 is 46.7 Å². The first-order valence-electron chi connectivity index (χ1n) is 12.4. The highest BCUT2D eigenvalue weighted by molar-refractivity contribution is 8.00. The van der Waals surface area contributed by atoms with Crippen molar-refractivity contribution < 1.29 is 23.9 Å². The van der Waals surface area contributed by atoms with Crippen LogP contribution in [0.1, 0.15) is 17.2 Å². The zero-order valence-corrected chi connectivity index (χ0v) is 24.4. The molecule has 0 spiro atoms. The summed E-state index contributed by atoms with van der Waals surface area (Å²) in [6.45, 7) is 0. The van der Waals surface area contributed by atoms with Crippen LogP contribution < -0.4 is 11.1 Å². The molecule has 0 aliphatic carbocycles. The molecule has 1 saturated heterocycles. The van der Waals surface area contributed by atoms with Crippen molar-refractivity contribution in [3.63, 3.8) is 0 Å². The minimum Gasteiger partial charge on any atom is -0.448 e. The Morgan fingerprint density at radius 2 is 1.66 bits per heavy atom. The van der Waals surface area contributed by atoms with E-state index in [1.54, 1.807) is 18.2 Å².